The van der Waals surface area contributed by atoms with Crippen LogP contribution >= 0.6 is 0 Å². The Labute approximate surface area is 55.6 Å². The van der Waals surface area contributed by atoms with Crippen molar-refractivity contribution in [1.29, 1.82) is 0 Å². The van der Waals surface area contributed by atoms with E-state index in [1.807, 2.05) is 0 Å². The standard InChI is InChI=1S/C7H13NO/c9-6-8-5-4-7-2-1-3-7/h6-7H,1-5H2,(H,8,9). The molecule has 2 nitrogen and oxygen atoms in total. The fourth-order valence-electron chi connectivity index (χ4n) is 1.13. The maximum Gasteiger partial charge on any atom is 0.207 e. The molecule has 0 radical (unpaired) electrons. The van der Waals surface area contributed by atoms with Gasteiger partial charge in [-0.15, -0.1) is 0 Å². The molecule has 52 valence electrons. The first kappa shape index (κ1) is 6.59. The molecule has 0 bridgehead atoms. The first-order valence-electron chi connectivity index (χ1n) is 3.60. The van der Waals surface area contributed by atoms with Crippen LogP contribution in [0.4, 0.5) is 0 Å². The highest BCUT2D eigenvalue weighted by atomic mass is 16.1. The van der Waals surface area contributed by atoms with Crippen molar-refractivity contribution < 1.29 is 4.79 Å². The van der Waals surface area contributed by atoms with E-state index in [2.05, 4.69) is 5.32 Å². The predicted octanol–water partition coefficient (Wildman–Crippen LogP) is 0.923. The van der Waals surface area contributed by atoms with Crippen molar-refractivity contribution >= 4 is 6.41 Å². The van der Waals surface area contributed by atoms with Crippen LogP contribution < -0.4 is 5.32 Å². The second kappa shape index (κ2) is 3.49. The van der Waals surface area contributed by atoms with E-state index >= 15 is 0 Å². The Hall–Kier alpha value is -0.530. The molecule has 0 saturated heterocycles. The summed E-state index contributed by atoms with van der Waals surface area (Å²) in [5.41, 5.74) is 0. The Morgan fingerprint density at radius 1 is 1.56 bits per heavy atom. The van der Waals surface area contributed by atoms with E-state index in [4.69, 9.17) is 0 Å². The van der Waals surface area contributed by atoms with Gasteiger partial charge in [0.2, 0.25) is 6.41 Å². The van der Waals surface area contributed by atoms with Crippen molar-refractivity contribution in [3.05, 3.63) is 0 Å². The summed E-state index contributed by atoms with van der Waals surface area (Å²) in [6.45, 7) is 0.869. The van der Waals surface area contributed by atoms with Crippen LogP contribution in [0, 0.1) is 5.92 Å². The van der Waals surface area contributed by atoms with Gasteiger partial charge in [0.05, 0.1) is 0 Å². The number of hydrogen-bond donors (Lipinski definition) is 1. The van der Waals surface area contributed by atoms with Gasteiger partial charge in [-0.1, -0.05) is 19.3 Å². The summed E-state index contributed by atoms with van der Waals surface area (Å²) in [6.07, 6.45) is 6.10. The Kier molecular flexibility index (Phi) is 2.55. The summed E-state index contributed by atoms with van der Waals surface area (Å²) in [4.78, 5) is 9.78. The molecule has 0 heterocycles. The predicted molar refractivity (Wildman–Crippen MR) is 36.0 cm³/mol. The molecule has 0 spiro atoms. The highest BCUT2D eigenvalue weighted by Crippen LogP contribution is 2.28. The van der Waals surface area contributed by atoms with Gasteiger partial charge in [-0.25, -0.2) is 0 Å². The second-order valence-corrected chi connectivity index (χ2v) is 2.66. The monoisotopic (exact) mass is 127 g/mol. The van der Waals surface area contributed by atoms with E-state index < -0.39 is 0 Å². The lowest BCUT2D eigenvalue weighted by Gasteiger charge is -2.24. The zero-order chi connectivity index (χ0) is 6.53. The normalized spacial score (nSPS) is 18.7. The van der Waals surface area contributed by atoms with E-state index in [9.17, 15) is 4.79 Å². The van der Waals surface area contributed by atoms with Gasteiger partial charge < -0.3 is 5.32 Å². The lowest BCUT2D eigenvalue weighted by molar-refractivity contribution is -0.109. The average Bonchev–Trinajstić information content (AvgIpc) is 1.76. The molecular weight excluding hydrogens is 114 g/mol. The molecule has 1 saturated carbocycles. The summed E-state index contributed by atoms with van der Waals surface area (Å²) in [7, 11) is 0. The van der Waals surface area contributed by atoms with E-state index in [1.165, 1.54) is 25.7 Å². The highest BCUT2D eigenvalue weighted by Gasteiger charge is 2.15. The molecule has 0 aliphatic heterocycles. The van der Waals surface area contributed by atoms with Gasteiger partial charge in [0, 0.05) is 6.54 Å². The van der Waals surface area contributed by atoms with Gasteiger partial charge in [0.25, 0.3) is 0 Å². The van der Waals surface area contributed by atoms with E-state index in [1.54, 1.807) is 0 Å². The number of carbonyl (C=O) groups is 1. The van der Waals surface area contributed by atoms with Gasteiger partial charge in [0.15, 0.2) is 0 Å². The van der Waals surface area contributed by atoms with Crippen LogP contribution in [0.25, 0.3) is 0 Å². The van der Waals surface area contributed by atoms with Crippen LogP contribution in [-0.2, 0) is 4.79 Å². The third kappa shape index (κ3) is 2.04. The fraction of sp³-hybridized carbons (Fsp3) is 0.857. The Morgan fingerprint density at radius 2 is 2.33 bits per heavy atom. The zero-order valence-corrected chi connectivity index (χ0v) is 5.60. The number of rotatable bonds is 4. The maximum absolute atomic E-state index is 9.78. The van der Waals surface area contributed by atoms with Gasteiger partial charge in [-0.05, 0) is 12.3 Å². The van der Waals surface area contributed by atoms with Crippen molar-refractivity contribution in [3.8, 4) is 0 Å². The van der Waals surface area contributed by atoms with E-state index in [0.29, 0.717) is 0 Å². The second-order valence-electron chi connectivity index (χ2n) is 2.66. The summed E-state index contributed by atoms with van der Waals surface area (Å²) < 4.78 is 0. The molecule has 1 rings (SSSR count). The molecule has 2 heteroatoms. The van der Waals surface area contributed by atoms with Crippen molar-refractivity contribution in [3.63, 3.8) is 0 Å². The molecule has 1 amide bonds. The smallest absolute Gasteiger partial charge is 0.207 e. The molecule has 0 aromatic heterocycles. The van der Waals surface area contributed by atoms with Crippen LogP contribution in [-0.4, -0.2) is 13.0 Å². The molecule has 0 aromatic rings. The summed E-state index contributed by atoms with van der Waals surface area (Å²) in [5, 5.41) is 2.67. The Bertz CT molecular complexity index is 88.9. The van der Waals surface area contributed by atoms with E-state index in [0.717, 1.165) is 18.9 Å². The van der Waals surface area contributed by atoms with Crippen LogP contribution in [0.5, 0.6) is 0 Å². The lowest BCUT2D eigenvalue weighted by Crippen LogP contribution is -2.19. The SMILES string of the molecule is O=CNCCC1CCC1. The minimum absolute atomic E-state index is 0.776. The molecule has 0 unspecified atom stereocenters. The molecular formula is C7H13NO. The summed E-state index contributed by atoms with van der Waals surface area (Å²) in [6, 6.07) is 0. The van der Waals surface area contributed by atoms with Crippen LogP contribution in [0.2, 0.25) is 0 Å². The van der Waals surface area contributed by atoms with Crippen molar-refractivity contribution in [2.45, 2.75) is 25.7 Å². The number of nitrogens with one attached hydrogen (secondary N) is 1. The maximum atomic E-state index is 9.78. The molecule has 0 atom stereocenters. The minimum Gasteiger partial charge on any atom is -0.359 e. The summed E-state index contributed by atoms with van der Waals surface area (Å²) in [5.74, 6) is 0.914. The molecule has 1 aliphatic carbocycles. The Balaban J connectivity index is 1.85. The highest BCUT2D eigenvalue weighted by molar-refractivity contribution is 5.45. The molecule has 0 aromatic carbocycles. The zero-order valence-electron chi connectivity index (χ0n) is 5.60. The Morgan fingerprint density at radius 3 is 2.78 bits per heavy atom. The topological polar surface area (TPSA) is 29.1 Å². The fourth-order valence-corrected chi connectivity index (χ4v) is 1.13. The molecule has 1 N–H and O–H groups in total. The lowest BCUT2D eigenvalue weighted by atomic mass is 9.83. The van der Waals surface area contributed by atoms with Crippen molar-refractivity contribution in [2.75, 3.05) is 6.54 Å². The molecule has 9 heavy (non-hydrogen) atoms. The number of carbonyl (C=O) groups excluding carboxylic acids is 1. The van der Waals surface area contributed by atoms with Gasteiger partial charge >= 0.3 is 0 Å². The van der Waals surface area contributed by atoms with Crippen LogP contribution in [0.1, 0.15) is 25.7 Å². The number of hydrogen-bond acceptors (Lipinski definition) is 1. The van der Waals surface area contributed by atoms with Gasteiger partial charge in [0.1, 0.15) is 0 Å². The molecule has 1 fully saturated rings. The van der Waals surface area contributed by atoms with Gasteiger partial charge in [-0.2, -0.15) is 0 Å². The number of amides is 1. The van der Waals surface area contributed by atoms with E-state index in [-0.39, 0.29) is 0 Å². The summed E-state index contributed by atoms with van der Waals surface area (Å²) >= 11 is 0. The van der Waals surface area contributed by atoms with Crippen molar-refractivity contribution in [1.82, 2.24) is 5.32 Å². The first-order valence-corrected chi connectivity index (χ1v) is 3.60. The quantitative estimate of drug-likeness (QED) is 0.441. The first-order chi connectivity index (χ1) is 4.43. The third-order valence-electron chi connectivity index (χ3n) is 2.01. The van der Waals surface area contributed by atoms with Crippen LogP contribution in [0.3, 0.4) is 0 Å². The third-order valence-corrected chi connectivity index (χ3v) is 2.01. The van der Waals surface area contributed by atoms with Crippen molar-refractivity contribution in [2.24, 2.45) is 5.92 Å². The minimum atomic E-state index is 0.776. The molecule has 1 aliphatic rings. The largest absolute Gasteiger partial charge is 0.359 e. The van der Waals surface area contributed by atoms with Gasteiger partial charge in [-0.3, -0.25) is 4.79 Å². The average molecular weight is 127 g/mol. The van der Waals surface area contributed by atoms with Crippen LogP contribution in [0.15, 0.2) is 0 Å².